The molecule has 1 amide bonds. The van der Waals surface area contributed by atoms with Crippen molar-refractivity contribution < 1.29 is 9.53 Å². The molecule has 0 radical (unpaired) electrons. The van der Waals surface area contributed by atoms with E-state index in [1.54, 1.807) is 30.6 Å². The van der Waals surface area contributed by atoms with Gasteiger partial charge in [-0.3, -0.25) is 14.6 Å². The van der Waals surface area contributed by atoms with Crippen molar-refractivity contribution in [3.05, 3.63) is 75.9 Å². The number of amides is 1. The van der Waals surface area contributed by atoms with Gasteiger partial charge in [0.2, 0.25) is 5.88 Å². The molecule has 1 fully saturated rings. The van der Waals surface area contributed by atoms with E-state index in [0.29, 0.717) is 28.9 Å². The van der Waals surface area contributed by atoms with Crippen LogP contribution in [0.15, 0.2) is 47.7 Å². The molecule has 3 heterocycles. The fraction of sp³-hybridized carbons (Fsp3) is 0.250. The van der Waals surface area contributed by atoms with Crippen LogP contribution in [0.3, 0.4) is 0 Å². The third-order valence-electron chi connectivity index (χ3n) is 4.42. The Morgan fingerprint density at radius 3 is 2.79 bits per heavy atom. The van der Waals surface area contributed by atoms with Gasteiger partial charge < -0.3 is 15.0 Å². The van der Waals surface area contributed by atoms with Crippen LogP contribution in [-0.4, -0.2) is 25.8 Å². The van der Waals surface area contributed by atoms with E-state index in [1.165, 1.54) is 6.20 Å². The Kier molecular flexibility index (Phi) is 4.84. The zero-order chi connectivity index (χ0) is 19.5. The molecule has 3 aromatic heterocycles. The van der Waals surface area contributed by atoms with Crippen LogP contribution in [0.25, 0.3) is 0 Å². The van der Waals surface area contributed by atoms with Crippen molar-refractivity contribution in [1.82, 2.24) is 25.3 Å². The van der Waals surface area contributed by atoms with E-state index in [4.69, 9.17) is 4.74 Å². The summed E-state index contributed by atoms with van der Waals surface area (Å²) in [5.74, 6) is 1.38. The highest BCUT2D eigenvalue weighted by atomic mass is 16.5. The average Bonchev–Trinajstić information content (AvgIpc) is 3.54. The van der Waals surface area contributed by atoms with Crippen molar-refractivity contribution in [1.29, 1.82) is 0 Å². The van der Waals surface area contributed by atoms with Gasteiger partial charge >= 0.3 is 0 Å². The highest BCUT2D eigenvalue weighted by molar-refractivity contribution is 5.93. The van der Waals surface area contributed by atoms with Crippen molar-refractivity contribution in [2.24, 2.45) is 0 Å². The van der Waals surface area contributed by atoms with Gasteiger partial charge in [-0.25, -0.2) is 9.97 Å². The number of carbonyl (C=O) groups excluding carboxylic acids is 1. The Hall–Kier alpha value is -3.55. The lowest BCUT2D eigenvalue weighted by Crippen LogP contribution is -2.30. The van der Waals surface area contributed by atoms with E-state index >= 15 is 0 Å². The van der Waals surface area contributed by atoms with Crippen molar-refractivity contribution in [3.8, 4) is 11.6 Å². The molecule has 1 aliphatic rings. The van der Waals surface area contributed by atoms with Gasteiger partial charge in [0, 0.05) is 36.1 Å². The molecule has 142 valence electrons. The highest BCUT2D eigenvalue weighted by Gasteiger charge is 2.26. The van der Waals surface area contributed by atoms with Gasteiger partial charge in [0.05, 0.1) is 6.20 Å². The summed E-state index contributed by atoms with van der Waals surface area (Å²) in [4.78, 5) is 39.9. The summed E-state index contributed by atoms with van der Waals surface area (Å²) in [6.45, 7) is 2.05. The van der Waals surface area contributed by atoms with Crippen LogP contribution in [0.1, 0.15) is 46.2 Å². The topological polar surface area (TPSA) is 110 Å². The molecule has 1 aliphatic carbocycles. The molecule has 0 aromatic carbocycles. The lowest BCUT2D eigenvalue weighted by molar-refractivity contribution is 0.0948. The van der Waals surface area contributed by atoms with E-state index in [9.17, 15) is 9.59 Å². The van der Waals surface area contributed by atoms with Crippen LogP contribution < -0.4 is 15.6 Å². The van der Waals surface area contributed by atoms with Gasteiger partial charge in [-0.05, 0) is 38.0 Å². The average molecular weight is 377 g/mol. The molecule has 0 bridgehead atoms. The summed E-state index contributed by atoms with van der Waals surface area (Å²) in [5.41, 5.74) is 1.11. The third kappa shape index (κ3) is 4.06. The monoisotopic (exact) mass is 377 g/mol. The Balaban J connectivity index is 1.45. The second kappa shape index (κ2) is 7.59. The lowest BCUT2D eigenvalue weighted by atomic mass is 10.2. The number of pyridine rings is 2. The number of nitrogens with zero attached hydrogens (tertiary/aromatic N) is 3. The predicted octanol–water partition coefficient (Wildman–Crippen LogP) is 2.47. The number of carbonyl (C=O) groups is 1. The Labute approximate surface area is 161 Å². The van der Waals surface area contributed by atoms with E-state index in [-0.39, 0.29) is 12.1 Å². The molecule has 0 atom stereocenters. The molecule has 1 saturated carbocycles. The van der Waals surface area contributed by atoms with E-state index < -0.39 is 11.5 Å². The van der Waals surface area contributed by atoms with Gasteiger partial charge in [-0.1, -0.05) is 6.07 Å². The molecular formula is C20H19N5O3. The van der Waals surface area contributed by atoms with E-state index in [2.05, 4.69) is 25.3 Å². The van der Waals surface area contributed by atoms with Crippen LogP contribution >= 0.6 is 0 Å². The van der Waals surface area contributed by atoms with Crippen molar-refractivity contribution >= 4 is 5.91 Å². The lowest BCUT2D eigenvalue weighted by Gasteiger charge is -2.10. The number of hydrogen-bond acceptors (Lipinski definition) is 6. The number of rotatable bonds is 6. The molecule has 0 spiro atoms. The molecule has 4 rings (SSSR count). The van der Waals surface area contributed by atoms with Crippen molar-refractivity contribution in [2.75, 3.05) is 0 Å². The number of aromatic amines is 1. The number of hydrogen-bond donors (Lipinski definition) is 2. The maximum atomic E-state index is 12.4. The SMILES string of the molecule is Cc1ccc(Oc2ncccc2CNC(=O)c2cnc(C3CC3)[nH]c2=O)cn1. The Morgan fingerprint density at radius 2 is 2.07 bits per heavy atom. The first-order valence-corrected chi connectivity index (χ1v) is 9.02. The quantitative estimate of drug-likeness (QED) is 0.683. The first kappa shape index (κ1) is 17.8. The summed E-state index contributed by atoms with van der Waals surface area (Å²) in [6.07, 6.45) is 6.59. The molecule has 0 aliphatic heterocycles. The molecule has 0 saturated heterocycles. The highest BCUT2D eigenvalue weighted by Crippen LogP contribution is 2.37. The summed E-state index contributed by atoms with van der Waals surface area (Å²) >= 11 is 0. The zero-order valence-electron chi connectivity index (χ0n) is 15.3. The summed E-state index contributed by atoms with van der Waals surface area (Å²) in [6, 6.07) is 7.18. The first-order valence-electron chi connectivity index (χ1n) is 9.02. The zero-order valence-corrected chi connectivity index (χ0v) is 15.3. The fourth-order valence-electron chi connectivity index (χ4n) is 2.68. The molecule has 2 N–H and O–H groups in total. The maximum absolute atomic E-state index is 12.4. The maximum Gasteiger partial charge on any atom is 0.263 e. The second-order valence-electron chi connectivity index (χ2n) is 6.67. The first-order chi connectivity index (χ1) is 13.6. The Morgan fingerprint density at radius 1 is 1.21 bits per heavy atom. The Bertz CT molecular complexity index is 1060. The van der Waals surface area contributed by atoms with Crippen molar-refractivity contribution in [3.63, 3.8) is 0 Å². The van der Waals surface area contributed by atoms with Crippen molar-refractivity contribution in [2.45, 2.75) is 32.2 Å². The number of H-pyrrole nitrogens is 1. The minimum Gasteiger partial charge on any atom is -0.437 e. The van der Waals surface area contributed by atoms with Crippen LogP contribution in [0.2, 0.25) is 0 Å². The standard InChI is InChI=1S/C20H19N5O3/c1-12-4-7-15(10-22-12)28-20-14(3-2-8-21-20)9-24-18(26)16-11-23-17(13-5-6-13)25-19(16)27/h2-4,7-8,10-11,13H,5-6,9H2,1H3,(H,24,26)(H,23,25,27). The normalized spacial score (nSPS) is 13.2. The molecule has 8 nitrogen and oxygen atoms in total. The summed E-state index contributed by atoms with van der Waals surface area (Å²) < 4.78 is 5.77. The predicted molar refractivity (Wildman–Crippen MR) is 101 cm³/mol. The summed E-state index contributed by atoms with van der Waals surface area (Å²) in [5, 5.41) is 2.72. The van der Waals surface area contributed by atoms with Gasteiger partial charge in [0.15, 0.2) is 0 Å². The number of aryl methyl sites for hydroxylation is 1. The molecule has 0 unspecified atom stereocenters. The largest absolute Gasteiger partial charge is 0.437 e. The number of aromatic nitrogens is 4. The number of ether oxygens (including phenoxy) is 1. The third-order valence-corrected chi connectivity index (χ3v) is 4.42. The minimum absolute atomic E-state index is 0.0153. The van der Waals surface area contributed by atoms with E-state index in [0.717, 1.165) is 18.5 Å². The van der Waals surface area contributed by atoms with E-state index in [1.807, 2.05) is 13.0 Å². The van der Waals surface area contributed by atoms with Gasteiger partial charge in [0.25, 0.3) is 11.5 Å². The van der Waals surface area contributed by atoms with Crippen LogP contribution in [0.5, 0.6) is 11.6 Å². The van der Waals surface area contributed by atoms with Gasteiger partial charge in [-0.15, -0.1) is 0 Å². The van der Waals surface area contributed by atoms with Gasteiger partial charge in [-0.2, -0.15) is 0 Å². The van der Waals surface area contributed by atoms with Crippen LogP contribution in [0, 0.1) is 6.92 Å². The number of nitrogens with one attached hydrogen (secondary N) is 2. The van der Waals surface area contributed by atoms with Gasteiger partial charge in [0.1, 0.15) is 17.1 Å². The minimum atomic E-state index is -0.497. The van der Waals surface area contributed by atoms with Crippen LogP contribution in [0.4, 0.5) is 0 Å². The molecule has 8 heteroatoms. The molecular weight excluding hydrogens is 358 g/mol. The smallest absolute Gasteiger partial charge is 0.263 e. The fourth-order valence-corrected chi connectivity index (χ4v) is 2.68. The molecule has 3 aromatic rings. The van der Waals surface area contributed by atoms with Crippen LogP contribution in [-0.2, 0) is 6.54 Å². The molecule has 28 heavy (non-hydrogen) atoms. The second-order valence-corrected chi connectivity index (χ2v) is 6.67. The summed E-state index contributed by atoms with van der Waals surface area (Å²) in [7, 11) is 0.